The Kier molecular flexibility index (Phi) is 5.33. The third kappa shape index (κ3) is 3.69. The number of hydrogen-bond acceptors (Lipinski definition) is 2. The van der Waals surface area contributed by atoms with E-state index in [0.29, 0.717) is 6.54 Å². The van der Waals surface area contributed by atoms with Gasteiger partial charge < -0.3 is 10.0 Å². The maximum atomic E-state index is 10.7. The summed E-state index contributed by atoms with van der Waals surface area (Å²) >= 11 is 0. The predicted molar refractivity (Wildman–Crippen MR) is 83.9 cm³/mol. The molecule has 0 bridgehead atoms. The summed E-state index contributed by atoms with van der Waals surface area (Å²) < 4.78 is 0. The summed E-state index contributed by atoms with van der Waals surface area (Å²) in [5.74, 6) is 0.0198. The Hall–Kier alpha value is -1.64. The molecule has 0 saturated carbocycles. The molecule has 0 aromatic heterocycles. The molecule has 0 radical (unpaired) electrons. The van der Waals surface area contributed by atoms with E-state index in [2.05, 4.69) is 36.1 Å². The SMILES string of the molecule is CCN(C)CC(O)C(c1ccccc1)c1ccccc1. The van der Waals surface area contributed by atoms with Gasteiger partial charge in [-0.2, -0.15) is 0 Å². The standard InChI is InChI=1S/C18H23NO/c1-3-19(2)14-17(20)18(15-10-6-4-7-11-15)16-12-8-5-9-13-16/h4-13,17-18,20H,3,14H2,1-2H3. The van der Waals surface area contributed by atoms with Gasteiger partial charge in [-0.25, -0.2) is 0 Å². The summed E-state index contributed by atoms with van der Waals surface area (Å²) in [7, 11) is 2.04. The van der Waals surface area contributed by atoms with E-state index in [-0.39, 0.29) is 5.92 Å². The molecule has 0 amide bonds. The summed E-state index contributed by atoms with van der Waals surface area (Å²) in [5.41, 5.74) is 2.33. The van der Waals surface area contributed by atoms with E-state index in [4.69, 9.17) is 0 Å². The number of aliphatic hydroxyl groups excluding tert-OH is 1. The van der Waals surface area contributed by atoms with Gasteiger partial charge in [0, 0.05) is 12.5 Å². The van der Waals surface area contributed by atoms with Crippen LogP contribution >= 0.6 is 0 Å². The lowest BCUT2D eigenvalue weighted by atomic mass is 9.86. The zero-order chi connectivity index (χ0) is 14.4. The fourth-order valence-corrected chi connectivity index (χ4v) is 2.51. The molecule has 0 aliphatic rings. The smallest absolute Gasteiger partial charge is 0.0775 e. The first kappa shape index (κ1) is 14.8. The van der Waals surface area contributed by atoms with Gasteiger partial charge in [0.1, 0.15) is 0 Å². The van der Waals surface area contributed by atoms with Crippen LogP contribution in [-0.4, -0.2) is 36.2 Å². The normalized spacial score (nSPS) is 12.8. The van der Waals surface area contributed by atoms with Crippen molar-refractivity contribution in [3.05, 3.63) is 71.8 Å². The fraction of sp³-hybridized carbons (Fsp3) is 0.333. The molecule has 1 atom stereocenters. The van der Waals surface area contributed by atoms with E-state index in [1.807, 2.05) is 43.4 Å². The molecule has 1 N–H and O–H groups in total. The first-order chi connectivity index (χ1) is 9.72. The lowest BCUT2D eigenvalue weighted by molar-refractivity contribution is 0.113. The lowest BCUT2D eigenvalue weighted by Crippen LogP contribution is -2.33. The first-order valence-corrected chi connectivity index (χ1v) is 7.19. The Morgan fingerprint density at radius 2 is 1.35 bits per heavy atom. The maximum Gasteiger partial charge on any atom is 0.0775 e. The van der Waals surface area contributed by atoms with Crippen molar-refractivity contribution in [3.63, 3.8) is 0 Å². The van der Waals surface area contributed by atoms with Crippen molar-refractivity contribution in [2.75, 3.05) is 20.1 Å². The average molecular weight is 269 g/mol. The minimum absolute atomic E-state index is 0.0198. The monoisotopic (exact) mass is 269 g/mol. The minimum Gasteiger partial charge on any atom is -0.391 e. The summed E-state index contributed by atoms with van der Waals surface area (Å²) in [6.07, 6.45) is -0.412. The molecule has 1 unspecified atom stereocenters. The van der Waals surface area contributed by atoms with Crippen molar-refractivity contribution in [1.82, 2.24) is 4.90 Å². The van der Waals surface area contributed by atoms with Gasteiger partial charge in [0.05, 0.1) is 6.10 Å². The quantitative estimate of drug-likeness (QED) is 0.871. The van der Waals surface area contributed by atoms with Crippen molar-refractivity contribution in [1.29, 1.82) is 0 Å². The van der Waals surface area contributed by atoms with Crippen LogP contribution in [0.4, 0.5) is 0 Å². The fourth-order valence-electron chi connectivity index (χ4n) is 2.51. The molecule has 0 saturated heterocycles. The number of hydrogen-bond donors (Lipinski definition) is 1. The Labute approximate surface area is 121 Å². The molecule has 0 heterocycles. The Morgan fingerprint density at radius 1 is 0.900 bits per heavy atom. The zero-order valence-corrected chi connectivity index (χ0v) is 12.2. The summed E-state index contributed by atoms with van der Waals surface area (Å²) in [4.78, 5) is 2.14. The van der Waals surface area contributed by atoms with E-state index in [9.17, 15) is 5.11 Å². The van der Waals surface area contributed by atoms with Gasteiger partial charge in [-0.05, 0) is 24.7 Å². The second-order valence-electron chi connectivity index (χ2n) is 5.22. The maximum absolute atomic E-state index is 10.7. The first-order valence-electron chi connectivity index (χ1n) is 7.19. The van der Waals surface area contributed by atoms with Crippen molar-refractivity contribution >= 4 is 0 Å². The van der Waals surface area contributed by atoms with Gasteiger partial charge in [0.25, 0.3) is 0 Å². The molecule has 0 fully saturated rings. The molecule has 0 spiro atoms. The van der Waals surface area contributed by atoms with E-state index >= 15 is 0 Å². The molecule has 2 aromatic rings. The Balaban J connectivity index is 2.30. The minimum atomic E-state index is -0.412. The van der Waals surface area contributed by atoms with Gasteiger partial charge in [-0.3, -0.25) is 0 Å². The van der Waals surface area contributed by atoms with Crippen LogP contribution in [0, 0.1) is 0 Å². The topological polar surface area (TPSA) is 23.5 Å². The molecule has 2 heteroatoms. The molecule has 2 rings (SSSR count). The van der Waals surface area contributed by atoms with Crippen LogP contribution in [0.3, 0.4) is 0 Å². The molecule has 2 nitrogen and oxygen atoms in total. The number of likely N-dealkylation sites (N-methyl/N-ethyl adjacent to an activating group) is 1. The lowest BCUT2D eigenvalue weighted by Gasteiger charge is -2.27. The molecule has 20 heavy (non-hydrogen) atoms. The summed E-state index contributed by atoms with van der Waals surface area (Å²) in [6, 6.07) is 20.5. The highest BCUT2D eigenvalue weighted by molar-refractivity contribution is 5.33. The Bertz CT molecular complexity index is 458. The second-order valence-corrected chi connectivity index (χ2v) is 5.22. The van der Waals surface area contributed by atoms with Crippen molar-refractivity contribution in [2.24, 2.45) is 0 Å². The molecule has 2 aromatic carbocycles. The average Bonchev–Trinajstić information content (AvgIpc) is 2.49. The molecule has 0 aliphatic carbocycles. The van der Waals surface area contributed by atoms with Crippen molar-refractivity contribution < 1.29 is 5.11 Å². The van der Waals surface area contributed by atoms with Gasteiger partial charge in [0.2, 0.25) is 0 Å². The zero-order valence-electron chi connectivity index (χ0n) is 12.2. The van der Waals surface area contributed by atoms with Crippen LogP contribution in [0.2, 0.25) is 0 Å². The number of rotatable bonds is 6. The van der Waals surface area contributed by atoms with Crippen LogP contribution in [-0.2, 0) is 0 Å². The Morgan fingerprint density at radius 3 is 1.75 bits per heavy atom. The highest BCUT2D eigenvalue weighted by Gasteiger charge is 2.23. The predicted octanol–water partition coefficient (Wildman–Crippen LogP) is 3.13. The molecule has 106 valence electrons. The van der Waals surface area contributed by atoms with Crippen LogP contribution in [0.25, 0.3) is 0 Å². The highest BCUT2D eigenvalue weighted by Crippen LogP contribution is 2.28. The van der Waals surface area contributed by atoms with Crippen molar-refractivity contribution in [2.45, 2.75) is 18.9 Å². The van der Waals surface area contributed by atoms with Crippen molar-refractivity contribution in [3.8, 4) is 0 Å². The summed E-state index contributed by atoms with van der Waals surface area (Å²) in [6.45, 7) is 3.71. The van der Waals surface area contributed by atoms with Gasteiger partial charge in [-0.15, -0.1) is 0 Å². The van der Waals surface area contributed by atoms with Crippen LogP contribution in [0.5, 0.6) is 0 Å². The second kappa shape index (κ2) is 7.22. The largest absolute Gasteiger partial charge is 0.391 e. The van der Waals surface area contributed by atoms with E-state index < -0.39 is 6.10 Å². The third-order valence-electron chi connectivity index (χ3n) is 3.74. The molecule has 0 aliphatic heterocycles. The van der Waals surface area contributed by atoms with Crippen LogP contribution in [0.15, 0.2) is 60.7 Å². The van der Waals surface area contributed by atoms with E-state index in [0.717, 1.165) is 17.7 Å². The highest BCUT2D eigenvalue weighted by atomic mass is 16.3. The third-order valence-corrected chi connectivity index (χ3v) is 3.74. The van der Waals surface area contributed by atoms with Crippen LogP contribution in [0.1, 0.15) is 24.0 Å². The van der Waals surface area contributed by atoms with E-state index in [1.54, 1.807) is 0 Å². The van der Waals surface area contributed by atoms with Gasteiger partial charge >= 0.3 is 0 Å². The summed E-state index contributed by atoms with van der Waals surface area (Å²) in [5, 5.41) is 10.7. The van der Waals surface area contributed by atoms with Gasteiger partial charge in [0.15, 0.2) is 0 Å². The van der Waals surface area contributed by atoms with Crippen LogP contribution < -0.4 is 0 Å². The number of nitrogens with zero attached hydrogens (tertiary/aromatic N) is 1. The molecular weight excluding hydrogens is 246 g/mol. The molecular formula is C18H23NO. The van der Waals surface area contributed by atoms with E-state index in [1.165, 1.54) is 0 Å². The van der Waals surface area contributed by atoms with Gasteiger partial charge in [-0.1, -0.05) is 67.6 Å². The number of aliphatic hydroxyl groups is 1. The number of benzene rings is 2.